The van der Waals surface area contributed by atoms with Crippen LogP contribution in [0.15, 0.2) is 36.4 Å². The largest absolute Gasteiger partial charge is 0.389 e. The van der Waals surface area contributed by atoms with Gasteiger partial charge in [0.2, 0.25) is 0 Å². The molecule has 0 aliphatic carbocycles. The highest BCUT2D eigenvalue weighted by Crippen LogP contribution is 2.08. The van der Waals surface area contributed by atoms with Gasteiger partial charge in [-0.15, -0.1) is 0 Å². The van der Waals surface area contributed by atoms with E-state index in [-0.39, 0.29) is 6.10 Å². The Balaban J connectivity index is 2.23. The van der Waals surface area contributed by atoms with Gasteiger partial charge in [0, 0.05) is 0 Å². The van der Waals surface area contributed by atoms with Gasteiger partial charge in [0.15, 0.2) is 0 Å². The van der Waals surface area contributed by atoms with Gasteiger partial charge in [0.1, 0.15) is 0 Å². The molecule has 1 unspecified atom stereocenters. The summed E-state index contributed by atoms with van der Waals surface area (Å²) in [5, 5.41) is 9.72. The van der Waals surface area contributed by atoms with Crippen LogP contribution in [0.5, 0.6) is 0 Å². The molecular weight excluding hydrogens is 196 g/mol. The Morgan fingerprint density at radius 1 is 1.12 bits per heavy atom. The molecular formula is C15H22O. The first kappa shape index (κ1) is 13.0. The molecule has 0 aromatic heterocycles. The normalized spacial score (nSPS) is 13.1. The third-order valence-corrected chi connectivity index (χ3v) is 2.66. The van der Waals surface area contributed by atoms with Crippen LogP contribution < -0.4 is 0 Å². The van der Waals surface area contributed by atoms with Crippen LogP contribution in [-0.4, -0.2) is 11.2 Å². The monoisotopic (exact) mass is 218 g/mol. The molecule has 1 heteroatoms. The van der Waals surface area contributed by atoms with Crippen LogP contribution in [0.2, 0.25) is 0 Å². The number of hydrogen-bond donors (Lipinski definition) is 1. The van der Waals surface area contributed by atoms with Gasteiger partial charge >= 0.3 is 0 Å². The average molecular weight is 218 g/mol. The van der Waals surface area contributed by atoms with Gasteiger partial charge in [-0.25, -0.2) is 0 Å². The van der Waals surface area contributed by atoms with Crippen molar-refractivity contribution in [1.29, 1.82) is 0 Å². The maximum Gasteiger partial charge on any atom is 0.0724 e. The van der Waals surface area contributed by atoms with E-state index < -0.39 is 0 Å². The van der Waals surface area contributed by atoms with E-state index in [4.69, 9.17) is 0 Å². The summed E-state index contributed by atoms with van der Waals surface area (Å²) < 4.78 is 0. The molecule has 1 aromatic rings. The summed E-state index contributed by atoms with van der Waals surface area (Å²) in [5.74, 6) is 0. The van der Waals surface area contributed by atoms with Gasteiger partial charge in [-0.05, 0) is 12.0 Å². The highest BCUT2D eigenvalue weighted by atomic mass is 16.3. The first-order chi connectivity index (χ1) is 7.83. The van der Waals surface area contributed by atoms with Crippen molar-refractivity contribution in [2.24, 2.45) is 0 Å². The van der Waals surface area contributed by atoms with E-state index in [2.05, 4.69) is 6.92 Å². The van der Waals surface area contributed by atoms with Crippen molar-refractivity contribution in [3.8, 4) is 0 Å². The highest BCUT2D eigenvalue weighted by molar-refractivity contribution is 5.49. The molecule has 0 fully saturated rings. The summed E-state index contributed by atoms with van der Waals surface area (Å²) in [7, 11) is 0. The fourth-order valence-corrected chi connectivity index (χ4v) is 1.66. The quantitative estimate of drug-likeness (QED) is 0.685. The summed E-state index contributed by atoms with van der Waals surface area (Å²) in [4.78, 5) is 0. The van der Waals surface area contributed by atoms with Crippen LogP contribution in [-0.2, 0) is 0 Å². The Hall–Kier alpha value is -1.08. The molecule has 88 valence electrons. The van der Waals surface area contributed by atoms with Gasteiger partial charge in [-0.2, -0.15) is 0 Å². The van der Waals surface area contributed by atoms with Crippen molar-refractivity contribution < 1.29 is 5.11 Å². The van der Waals surface area contributed by atoms with Crippen molar-refractivity contribution in [3.05, 3.63) is 42.0 Å². The van der Waals surface area contributed by atoms with Crippen LogP contribution in [0.25, 0.3) is 6.08 Å². The molecule has 1 N–H and O–H groups in total. The summed E-state index contributed by atoms with van der Waals surface area (Å²) >= 11 is 0. The first-order valence-corrected chi connectivity index (χ1v) is 6.24. The number of aliphatic hydroxyl groups excluding tert-OH is 1. The Morgan fingerprint density at radius 2 is 1.88 bits per heavy atom. The second kappa shape index (κ2) is 8.12. The van der Waals surface area contributed by atoms with Gasteiger partial charge in [0.25, 0.3) is 0 Å². The van der Waals surface area contributed by atoms with Crippen LogP contribution in [0.4, 0.5) is 0 Å². The SMILES string of the molecule is CCCCCCC(O)/C=C/c1ccccc1. The lowest BCUT2D eigenvalue weighted by Crippen LogP contribution is -2.01. The lowest BCUT2D eigenvalue weighted by atomic mass is 10.1. The summed E-state index contributed by atoms with van der Waals surface area (Å²) in [6.07, 6.45) is 9.33. The van der Waals surface area contributed by atoms with Crippen molar-refractivity contribution in [2.75, 3.05) is 0 Å². The summed E-state index contributed by atoms with van der Waals surface area (Å²) in [6.45, 7) is 2.20. The molecule has 1 rings (SSSR count). The molecule has 1 atom stereocenters. The maximum absolute atomic E-state index is 9.72. The molecule has 0 heterocycles. The Bertz CT molecular complexity index is 290. The molecule has 0 saturated carbocycles. The molecule has 0 aliphatic rings. The molecule has 0 radical (unpaired) electrons. The second-order valence-corrected chi connectivity index (χ2v) is 4.19. The Labute approximate surface area is 98.8 Å². The van der Waals surface area contributed by atoms with Gasteiger partial charge < -0.3 is 5.11 Å². The molecule has 0 amide bonds. The highest BCUT2D eigenvalue weighted by Gasteiger charge is 1.98. The van der Waals surface area contributed by atoms with Crippen molar-refractivity contribution in [3.63, 3.8) is 0 Å². The Morgan fingerprint density at radius 3 is 2.56 bits per heavy atom. The lowest BCUT2D eigenvalue weighted by molar-refractivity contribution is 0.209. The van der Waals surface area contributed by atoms with Gasteiger partial charge in [-0.3, -0.25) is 0 Å². The number of rotatable bonds is 7. The van der Waals surface area contributed by atoms with E-state index in [9.17, 15) is 5.11 Å². The van der Waals surface area contributed by atoms with E-state index in [1.165, 1.54) is 19.3 Å². The molecule has 16 heavy (non-hydrogen) atoms. The van der Waals surface area contributed by atoms with E-state index in [1.807, 2.05) is 42.5 Å². The van der Waals surface area contributed by atoms with Gasteiger partial charge in [-0.1, -0.05) is 75.1 Å². The molecule has 1 aromatic carbocycles. The molecule has 0 bridgehead atoms. The molecule has 0 aliphatic heterocycles. The summed E-state index contributed by atoms with van der Waals surface area (Å²) in [6, 6.07) is 10.1. The zero-order chi connectivity index (χ0) is 11.6. The minimum Gasteiger partial charge on any atom is -0.389 e. The minimum atomic E-state index is -0.294. The van der Waals surface area contributed by atoms with Crippen LogP contribution in [0.3, 0.4) is 0 Å². The van der Waals surface area contributed by atoms with E-state index in [0.29, 0.717) is 0 Å². The third kappa shape index (κ3) is 5.72. The molecule has 1 nitrogen and oxygen atoms in total. The van der Waals surface area contributed by atoms with Crippen molar-refractivity contribution >= 4 is 6.08 Å². The molecule has 0 saturated heterocycles. The fourth-order valence-electron chi connectivity index (χ4n) is 1.66. The standard InChI is InChI=1S/C15H22O/c1-2-3-4-8-11-15(16)13-12-14-9-6-5-7-10-14/h5-7,9-10,12-13,15-16H,2-4,8,11H2,1H3/b13-12+. The van der Waals surface area contributed by atoms with E-state index in [1.54, 1.807) is 0 Å². The van der Waals surface area contributed by atoms with Crippen molar-refractivity contribution in [2.45, 2.75) is 45.1 Å². The number of aliphatic hydroxyl groups is 1. The fraction of sp³-hybridized carbons (Fsp3) is 0.467. The second-order valence-electron chi connectivity index (χ2n) is 4.19. The minimum absolute atomic E-state index is 0.294. The van der Waals surface area contributed by atoms with Gasteiger partial charge in [0.05, 0.1) is 6.10 Å². The number of hydrogen-bond acceptors (Lipinski definition) is 1. The van der Waals surface area contributed by atoms with Crippen molar-refractivity contribution in [1.82, 2.24) is 0 Å². The first-order valence-electron chi connectivity index (χ1n) is 6.24. The van der Waals surface area contributed by atoms with Crippen LogP contribution >= 0.6 is 0 Å². The van der Waals surface area contributed by atoms with Crippen LogP contribution in [0.1, 0.15) is 44.6 Å². The maximum atomic E-state index is 9.72. The lowest BCUT2D eigenvalue weighted by Gasteiger charge is -2.04. The average Bonchev–Trinajstić information content (AvgIpc) is 2.33. The predicted octanol–water partition coefficient (Wildman–Crippen LogP) is 4.03. The predicted molar refractivity (Wildman–Crippen MR) is 70.2 cm³/mol. The smallest absolute Gasteiger partial charge is 0.0724 e. The summed E-state index contributed by atoms with van der Waals surface area (Å²) in [5.41, 5.74) is 1.15. The topological polar surface area (TPSA) is 20.2 Å². The zero-order valence-corrected chi connectivity index (χ0v) is 10.1. The van der Waals surface area contributed by atoms with E-state index >= 15 is 0 Å². The van der Waals surface area contributed by atoms with Crippen LogP contribution in [0, 0.1) is 0 Å². The number of benzene rings is 1. The Kier molecular flexibility index (Phi) is 6.59. The van der Waals surface area contributed by atoms with E-state index in [0.717, 1.165) is 18.4 Å². The molecule has 0 spiro atoms. The third-order valence-electron chi connectivity index (χ3n) is 2.66. The zero-order valence-electron chi connectivity index (χ0n) is 10.1. The number of unbranched alkanes of at least 4 members (excludes halogenated alkanes) is 3.